The smallest absolute Gasteiger partial charge is 0.249 e. The fourth-order valence-electron chi connectivity index (χ4n) is 3.01. The molecule has 3 amide bonds. The van der Waals surface area contributed by atoms with E-state index < -0.39 is 11.9 Å². The van der Waals surface area contributed by atoms with Gasteiger partial charge in [-0.25, -0.2) is 0 Å². The number of rotatable bonds is 2. The monoisotopic (exact) mass is 288 g/mol. The number of carbonyl (C=O) groups is 3. The van der Waals surface area contributed by atoms with Gasteiger partial charge in [-0.2, -0.15) is 0 Å². The van der Waals surface area contributed by atoms with E-state index in [1.165, 1.54) is 0 Å². The molecule has 110 valence electrons. The number of hydrogen-bond acceptors (Lipinski definition) is 4. The van der Waals surface area contributed by atoms with E-state index >= 15 is 0 Å². The first-order valence-electron chi connectivity index (χ1n) is 6.96. The SMILES string of the molecule is O=C1CCC(N2CC(c3cccc(O)c3)CC2=O)C(=O)N1. The Bertz CT molecular complexity index is 613. The fraction of sp³-hybridized carbons (Fsp3) is 0.400. The molecule has 6 heteroatoms. The third-order valence-corrected chi connectivity index (χ3v) is 4.09. The maximum atomic E-state index is 12.2. The molecule has 2 N–H and O–H groups in total. The van der Waals surface area contributed by atoms with Crippen LogP contribution in [0.15, 0.2) is 24.3 Å². The Kier molecular flexibility index (Phi) is 3.37. The highest BCUT2D eigenvalue weighted by atomic mass is 16.3. The molecule has 1 aromatic carbocycles. The van der Waals surface area contributed by atoms with Crippen molar-refractivity contribution in [2.75, 3.05) is 6.54 Å². The van der Waals surface area contributed by atoms with Crippen LogP contribution in [0.2, 0.25) is 0 Å². The first-order valence-corrected chi connectivity index (χ1v) is 6.96. The van der Waals surface area contributed by atoms with Crippen LogP contribution in [0.5, 0.6) is 5.75 Å². The van der Waals surface area contributed by atoms with Crippen LogP contribution in [0.4, 0.5) is 0 Å². The van der Waals surface area contributed by atoms with E-state index in [0.717, 1.165) is 5.56 Å². The second-order valence-corrected chi connectivity index (χ2v) is 5.51. The average Bonchev–Trinajstić information content (AvgIpc) is 2.81. The van der Waals surface area contributed by atoms with E-state index in [0.29, 0.717) is 19.4 Å². The molecule has 2 saturated heterocycles. The van der Waals surface area contributed by atoms with Gasteiger partial charge in [0.1, 0.15) is 11.8 Å². The van der Waals surface area contributed by atoms with E-state index in [4.69, 9.17) is 0 Å². The number of imide groups is 1. The number of likely N-dealkylation sites (tertiary alicyclic amines) is 1. The van der Waals surface area contributed by atoms with Gasteiger partial charge < -0.3 is 10.0 Å². The summed E-state index contributed by atoms with van der Waals surface area (Å²) >= 11 is 0. The molecule has 0 radical (unpaired) electrons. The van der Waals surface area contributed by atoms with Crippen molar-refractivity contribution < 1.29 is 19.5 Å². The van der Waals surface area contributed by atoms with Gasteiger partial charge in [-0.15, -0.1) is 0 Å². The zero-order valence-corrected chi connectivity index (χ0v) is 11.4. The Hall–Kier alpha value is -2.37. The third-order valence-electron chi connectivity index (χ3n) is 4.09. The zero-order chi connectivity index (χ0) is 15.0. The summed E-state index contributed by atoms with van der Waals surface area (Å²) in [5.41, 5.74) is 0.887. The summed E-state index contributed by atoms with van der Waals surface area (Å²) < 4.78 is 0. The van der Waals surface area contributed by atoms with Gasteiger partial charge in [0.25, 0.3) is 0 Å². The standard InChI is InChI=1S/C15H16N2O4/c18-11-3-1-2-9(6-11)10-7-14(20)17(8-10)12-4-5-13(19)16-15(12)21/h1-3,6,10,12,18H,4-5,7-8H2,(H,16,19,21). The second-order valence-electron chi connectivity index (χ2n) is 5.51. The van der Waals surface area contributed by atoms with Crippen LogP contribution < -0.4 is 5.32 Å². The lowest BCUT2D eigenvalue weighted by molar-refractivity contribution is -0.143. The lowest BCUT2D eigenvalue weighted by atomic mass is 9.98. The van der Waals surface area contributed by atoms with Gasteiger partial charge in [0.15, 0.2) is 0 Å². The van der Waals surface area contributed by atoms with Crippen LogP contribution in [0, 0.1) is 0 Å². The summed E-state index contributed by atoms with van der Waals surface area (Å²) in [4.78, 5) is 36.8. The van der Waals surface area contributed by atoms with E-state index in [-0.39, 0.29) is 29.9 Å². The van der Waals surface area contributed by atoms with Gasteiger partial charge >= 0.3 is 0 Å². The lowest BCUT2D eigenvalue weighted by Crippen LogP contribution is -2.52. The highest BCUT2D eigenvalue weighted by Crippen LogP contribution is 2.32. The maximum Gasteiger partial charge on any atom is 0.249 e. The van der Waals surface area contributed by atoms with E-state index in [1.807, 2.05) is 6.07 Å². The first-order chi connectivity index (χ1) is 10.0. The molecule has 2 unspecified atom stereocenters. The number of nitrogens with one attached hydrogen (secondary N) is 1. The summed E-state index contributed by atoms with van der Waals surface area (Å²) in [6.45, 7) is 0.439. The van der Waals surface area contributed by atoms with E-state index in [2.05, 4.69) is 5.32 Å². The number of piperidine rings is 1. The maximum absolute atomic E-state index is 12.2. The molecular weight excluding hydrogens is 272 g/mol. The van der Waals surface area contributed by atoms with Gasteiger partial charge in [-0.3, -0.25) is 19.7 Å². The largest absolute Gasteiger partial charge is 0.508 e. The molecule has 6 nitrogen and oxygen atoms in total. The van der Waals surface area contributed by atoms with Crippen LogP contribution in [0.3, 0.4) is 0 Å². The van der Waals surface area contributed by atoms with Crippen LogP contribution >= 0.6 is 0 Å². The summed E-state index contributed by atoms with van der Waals surface area (Å²) in [6, 6.07) is 6.28. The lowest BCUT2D eigenvalue weighted by Gasteiger charge is -2.29. The number of aromatic hydroxyl groups is 1. The predicted octanol–water partition coefficient (Wildman–Crippen LogP) is 0.513. The van der Waals surface area contributed by atoms with Crippen molar-refractivity contribution in [3.8, 4) is 5.75 Å². The van der Waals surface area contributed by atoms with Crippen molar-refractivity contribution in [1.29, 1.82) is 0 Å². The molecule has 1 aromatic rings. The molecule has 0 saturated carbocycles. The number of carbonyl (C=O) groups excluding carboxylic acids is 3. The minimum Gasteiger partial charge on any atom is -0.508 e. The molecule has 0 aromatic heterocycles. The van der Waals surface area contributed by atoms with Crippen LogP contribution in [0.25, 0.3) is 0 Å². The van der Waals surface area contributed by atoms with Crippen molar-refractivity contribution in [2.45, 2.75) is 31.2 Å². The van der Waals surface area contributed by atoms with Crippen molar-refractivity contribution in [1.82, 2.24) is 10.2 Å². The Labute approximate surface area is 121 Å². The molecule has 3 rings (SSSR count). The summed E-state index contributed by atoms with van der Waals surface area (Å²) in [7, 11) is 0. The quantitative estimate of drug-likeness (QED) is 0.776. The Morgan fingerprint density at radius 3 is 2.76 bits per heavy atom. The van der Waals surface area contributed by atoms with Gasteiger partial charge in [0.05, 0.1) is 0 Å². The molecule has 2 aliphatic heterocycles. The van der Waals surface area contributed by atoms with Crippen molar-refractivity contribution in [3.63, 3.8) is 0 Å². The first kappa shape index (κ1) is 13.6. The number of benzene rings is 1. The third kappa shape index (κ3) is 2.61. The van der Waals surface area contributed by atoms with Crippen LogP contribution in [-0.4, -0.2) is 40.3 Å². The number of phenolic OH excluding ortho intramolecular Hbond substituents is 1. The van der Waals surface area contributed by atoms with Crippen molar-refractivity contribution >= 4 is 17.7 Å². The number of phenols is 1. The van der Waals surface area contributed by atoms with Gasteiger partial charge in [0.2, 0.25) is 17.7 Å². The highest BCUT2D eigenvalue weighted by molar-refractivity contribution is 6.02. The number of amides is 3. The minimum absolute atomic E-state index is 0.0324. The predicted molar refractivity (Wildman–Crippen MR) is 73.3 cm³/mol. The van der Waals surface area contributed by atoms with Crippen LogP contribution in [0.1, 0.15) is 30.7 Å². The zero-order valence-electron chi connectivity index (χ0n) is 11.4. The molecule has 0 bridgehead atoms. The van der Waals surface area contributed by atoms with E-state index in [9.17, 15) is 19.5 Å². The molecular formula is C15H16N2O4. The number of nitrogens with zero attached hydrogens (tertiary/aromatic N) is 1. The summed E-state index contributed by atoms with van der Waals surface area (Å²) in [6.07, 6.45) is 0.960. The van der Waals surface area contributed by atoms with E-state index in [1.54, 1.807) is 23.1 Å². The van der Waals surface area contributed by atoms with Gasteiger partial charge in [-0.05, 0) is 24.1 Å². The fourth-order valence-corrected chi connectivity index (χ4v) is 3.01. The number of hydrogen-bond donors (Lipinski definition) is 2. The van der Waals surface area contributed by atoms with Gasteiger partial charge in [-0.1, -0.05) is 12.1 Å². The van der Waals surface area contributed by atoms with Crippen molar-refractivity contribution in [3.05, 3.63) is 29.8 Å². The molecule has 2 aliphatic rings. The summed E-state index contributed by atoms with van der Waals surface area (Å²) in [5.74, 6) is -0.629. The molecule has 2 fully saturated rings. The Morgan fingerprint density at radius 1 is 1.24 bits per heavy atom. The minimum atomic E-state index is -0.558. The van der Waals surface area contributed by atoms with Gasteiger partial charge in [0, 0.05) is 25.3 Å². The topological polar surface area (TPSA) is 86.7 Å². The van der Waals surface area contributed by atoms with Crippen molar-refractivity contribution in [2.24, 2.45) is 0 Å². The Balaban J connectivity index is 1.76. The second kappa shape index (κ2) is 5.20. The highest BCUT2D eigenvalue weighted by Gasteiger charge is 2.40. The normalized spacial score (nSPS) is 26.1. The Morgan fingerprint density at radius 2 is 2.05 bits per heavy atom. The molecule has 2 atom stereocenters. The van der Waals surface area contributed by atoms with Crippen LogP contribution in [-0.2, 0) is 14.4 Å². The average molecular weight is 288 g/mol. The molecule has 0 aliphatic carbocycles. The molecule has 21 heavy (non-hydrogen) atoms. The molecule has 0 spiro atoms. The summed E-state index contributed by atoms with van der Waals surface area (Å²) in [5, 5.41) is 11.8. The molecule has 2 heterocycles.